The summed E-state index contributed by atoms with van der Waals surface area (Å²) in [5, 5.41) is 5.90. The van der Waals surface area contributed by atoms with E-state index in [-0.39, 0.29) is 10.8 Å². The number of nitrogens with zero attached hydrogens (tertiary/aromatic N) is 1. The third-order valence-electron chi connectivity index (χ3n) is 4.10. The van der Waals surface area contributed by atoms with Crippen LogP contribution in [0, 0.1) is 0 Å². The van der Waals surface area contributed by atoms with Crippen molar-refractivity contribution in [3.8, 4) is 0 Å². The van der Waals surface area contributed by atoms with Crippen molar-refractivity contribution in [2.24, 2.45) is 0 Å². The largest absolute Gasteiger partial charge is 0.379 e. The number of amides is 1. The number of aryl methyl sites for hydroxylation is 1. The molecule has 0 saturated carbocycles. The van der Waals surface area contributed by atoms with Crippen LogP contribution in [0.1, 0.15) is 18.4 Å². The normalized spacial score (nSPS) is 15.9. The van der Waals surface area contributed by atoms with Crippen molar-refractivity contribution < 1.29 is 17.9 Å². The van der Waals surface area contributed by atoms with Gasteiger partial charge >= 0.3 is 0 Å². The van der Waals surface area contributed by atoms with Gasteiger partial charge in [0.25, 0.3) is 0 Å². The molecule has 2 N–H and O–H groups in total. The Bertz CT molecular complexity index is 640. The number of hydrogen-bond acceptors (Lipinski definition) is 5. The molecule has 0 aliphatic carbocycles. The highest BCUT2D eigenvalue weighted by atomic mass is 32.2. The Morgan fingerprint density at radius 2 is 1.84 bits per heavy atom. The number of sulfonamides is 1. The van der Waals surface area contributed by atoms with E-state index in [1.165, 1.54) is 4.31 Å². The number of ether oxygens (including phenoxy) is 1. The van der Waals surface area contributed by atoms with Gasteiger partial charge in [-0.15, -0.1) is 0 Å². The molecule has 1 aromatic rings. The van der Waals surface area contributed by atoms with Gasteiger partial charge in [0.2, 0.25) is 15.9 Å². The molecule has 1 aliphatic heterocycles. The van der Waals surface area contributed by atoms with Crippen molar-refractivity contribution in [3.05, 3.63) is 29.8 Å². The van der Waals surface area contributed by atoms with Crippen LogP contribution in [0.4, 0.5) is 0 Å². The lowest BCUT2D eigenvalue weighted by atomic mass is 10.1. The first kappa shape index (κ1) is 19.8. The predicted molar refractivity (Wildman–Crippen MR) is 95.9 cm³/mol. The molecule has 8 heteroatoms. The van der Waals surface area contributed by atoms with E-state index in [2.05, 4.69) is 10.6 Å². The molecule has 1 aromatic carbocycles. The van der Waals surface area contributed by atoms with Gasteiger partial charge < -0.3 is 15.4 Å². The zero-order valence-corrected chi connectivity index (χ0v) is 15.5. The van der Waals surface area contributed by atoms with Gasteiger partial charge in [0.15, 0.2) is 0 Å². The average Bonchev–Trinajstić information content (AvgIpc) is 2.64. The molecule has 1 amide bonds. The summed E-state index contributed by atoms with van der Waals surface area (Å²) < 4.78 is 31.7. The minimum Gasteiger partial charge on any atom is -0.379 e. The summed E-state index contributed by atoms with van der Waals surface area (Å²) in [5.41, 5.74) is 0.950. The van der Waals surface area contributed by atoms with Gasteiger partial charge in [0.05, 0.1) is 18.1 Å². The highest BCUT2D eigenvalue weighted by molar-refractivity contribution is 7.89. The summed E-state index contributed by atoms with van der Waals surface area (Å²) in [4.78, 5) is 12.1. The third-order valence-corrected chi connectivity index (χ3v) is 6.01. The number of rotatable bonds is 9. The maximum Gasteiger partial charge on any atom is 0.243 e. The van der Waals surface area contributed by atoms with Crippen molar-refractivity contribution in [3.63, 3.8) is 0 Å². The smallest absolute Gasteiger partial charge is 0.243 e. The lowest BCUT2D eigenvalue weighted by Crippen LogP contribution is -2.40. The first-order chi connectivity index (χ1) is 12.0. The minimum absolute atomic E-state index is 0.0149. The Morgan fingerprint density at radius 3 is 2.48 bits per heavy atom. The molecule has 1 aliphatic rings. The topological polar surface area (TPSA) is 87.7 Å². The average molecular weight is 369 g/mol. The van der Waals surface area contributed by atoms with Crippen LogP contribution in [0.3, 0.4) is 0 Å². The highest BCUT2D eigenvalue weighted by Gasteiger charge is 2.25. The standard InChI is InChI=1S/C17H27N3O4S/c1-18-9-2-10-19-17(21)8-5-15-3-6-16(7-4-15)25(22,23)20-11-13-24-14-12-20/h3-4,6-7,18H,2,5,8-14H2,1H3,(H,19,21). The number of hydrogen-bond donors (Lipinski definition) is 2. The second-order valence-electron chi connectivity index (χ2n) is 5.97. The molecule has 1 heterocycles. The van der Waals surface area contributed by atoms with E-state index in [4.69, 9.17) is 4.74 Å². The fourth-order valence-corrected chi connectivity index (χ4v) is 4.01. The summed E-state index contributed by atoms with van der Waals surface area (Å²) in [6.07, 6.45) is 1.89. The third kappa shape index (κ3) is 6.07. The van der Waals surface area contributed by atoms with Crippen LogP contribution >= 0.6 is 0 Å². The van der Waals surface area contributed by atoms with Gasteiger partial charge in [-0.3, -0.25) is 4.79 Å². The summed E-state index contributed by atoms with van der Waals surface area (Å²) in [6.45, 7) is 3.17. The predicted octanol–water partition coefficient (Wildman–Crippen LogP) is 0.366. The maximum atomic E-state index is 12.5. The molecule has 0 bridgehead atoms. The Hall–Kier alpha value is -1.48. The van der Waals surface area contributed by atoms with Crippen LogP contribution in [0.25, 0.3) is 0 Å². The van der Waals surface area contributed by atoms with Crippen LogP contribution in [0.5, 0.6) is 0 Å². The molecule has 1 saturated heterocycles. The van der Waals surface area contributed by atoms with Gasteiger partial charge in [0.1, 0.15) is 0 Å². The Balaban J connectivity index is 1.84. The summed E-state index contributed by atoms with van der Waals surface area (Å²) in [5.74, 6) is 0.0149. The number of nitrogens with one attached hydrogen (secondary N) is 2. The van der Waals surface area contributed by atoms with Crippen molar-refractivity contribution >= 4 is 15.9 Å². The van der Waals surface area contributed by atoms with Gasteiger partial charge in [-0.2, -0.15) is 4.31 Å². The fourth-order valence-electron chi connectivity index (χ4n) is 2.60. The second kappa shape index (κ2) is 9.86. The van der Waals surface area contributed by atoms with Gasteiger partial charge in [-0.1, -0.05) is 12.1 Å². The SMILES string of the molecule is CNCCCNC(=O)CCc1ccc(S(=O)(=O)N2CCOCC2)cc1. The molecule has 0 unspecified atom stereocenters. The zero-order valence-electron chi connectivity index (χ0n) is 14.7. The Morgan fingerprint density at radius 1 is 1.16 bits per heavy atom. The molecule has 25 heavy (non-hydrogen) atoms. The molecule has 0 atom stereocenters. The first-order valence-electron chi connectivity index (χ1n) is 8.62. The van der Waals surface area contributed by atoms with E-state index in [0.717, 1.165) is 18.5 Å². The molecule has 7 nitrogen and oxygen atoms in total. The zero-order chi connectivity index (χ0) is 18.1. The lowest BCUT2D eigenvalue weighted by Gasteiger charge is -2.26. The van der Waals surface area contributed by atoms with Crippen LogP contribution in [-0.2, 0) is 26.0 Å². The number of carbonyl (C=O) groups is 1. The number of carbonyl (C=O) groups excluding carboxylic acids is 1. The molecule has 1 fully saturated rings. The van der Waals surface area contributed by atoms with E-state index < -0.39 is 10.0 Å². The molecule has 2 rings (SSSR count). The van der Waals surface area contributed by atoms with E-state index in [0.29, 0.717) is 45.7 Å². The molecular formula is C17H27N3O4S. The van der Waals surface area contributed by atoms with Crippen LogP contribution in [0.15, 0.2) is 29.2 Å². The number of benzene rings is 1. The van der Waals surface area contributed by atoms with Crippen molar-refractivity contribution in [1.82, 2.24) is 14.9 Å². The van der Waals surface area contributed by atoms with Crippen LogP contribution in [0.2, 0.25) is 0 Å². The van der Waals surface area contributed by atoms with Crippen molar-refractivity contribution in [2.75, 3.05) is 46.4 Å². The van der Waals surface area contributed by atoms with Gasteiger partial charge in [0, 0.05) is 26.1 Å². The van der Waals surface area contributed by atoms with Crippen LogP contribution < -0.4 is 10.6 Å². The molecule has 0 spiro atoms. The molecule has 140 valence electrons. The second-order valence-corrected chi connectivity index (χ2v) is 7.91. The lowest BCUT2D eigenvalue weighted by molar-refractivity contribution is -0.121. The maximum absolute atomic E-state index is 12.5. The van der Waals surface area contributed by atoms with E-state index in [1.807, 2.05) is 7.05 Å². The Kier molecular flexibility index (Phi) is 7.83. The van der Waals surface area contributed by atoms with Crippen molar-refractivity contribution in [2.45, 2.75) is 24.2 Å². The highest BCUT2D eigenvalue weighted by Crippen LogP contribution is 2.18. The molecule has 0 radical (unpaired) electrons. The fraction of sp³-hybridized carbons (Fsp3) is 0.588. The van der Waals surface area contributed by atoms with Gasteiger partial charge in [-0.25, -0.2) is 8.42 Å². The summed E-state index contributed by atoms with van der Waals surface area (Å²) in [7, 11) is -1.58. The van der Waals surface area contributed by atoms with E-state index in [1.54, 1.807) is 24.3 Å². The Labute approximate surface area is 149 Å². The quantitative estimate of drug-likeness (QED) is 0.614. The van der Waals surface area contributed by atoms with Crippen molar-refractivity contribution in [1.29, 1.82) is 0 Å². The first-order valence-corrected chi connectivity index (χ1v) is 10.1. The molecular weight excluding hydrogens is 342 g/mol. The van der Waals surface area contributed by atoms with E-state index in [9.17, 15) is 13.2 Å². The van der Waals surface area contributed by atoms with Crippen LogP contribution in [-0.4, -0.2) is 65.1 Å². The monoisotopic (exact) mass is 369 g/mol. The molecule has 0 aromatic heterocycles. The van der Waals surface area contributed by atoms with Gasteiger partial charge in [-0.05, 0) is 44.1 Å². The minimum atomic E-state index is -3.46. The summed E-state index contributed by atoms with van der Waals surface area (Å²) >= 11 is 0. The van der Waals surface area contributed by atoms with E-state index >= 15 is 0 Å². The summed E-state index contributed by atoms with van der Waals surface area (Å²) in [6, 6.07) is 6.79. The number of morpholine rings is 1.